The third-order valence-corrected chi connectivity index (χ3v) is 10.7. The third kappa shape index (κ3) is 10.9. The molecule has 0 radical (unpaired) electrons. The number of hydrogen-bond donors (Lipinski definition) is 7. The SMILES string of the molecule is COC(=O)C(CSSC(=O)[C@@H](N)CS)NC(=O)c1[nH]c(C(=O)NC(CSSC(=O)[C@@H](N)CS)C(=O)OC)c2c1OCCO2. The van der Waals surface area contributed by atoms with Crippen LogP contribution in [-0.2, 0) is 28.7 Å². The molecule has 0 aliphatic carbocycles. The van der Waals surface area contributed by atoms with Gasteiger partial charge in [0, 0.05) is 23.0 Å². The van der Waals surface area contributed by atoms with Crippen LogP contribution in [0, 0.1) is 0 Å². The highest BCUT2D eigenvalue weighted by molar-refractivity contribution is 8.82. The van der Waals surface area contributed by atoms with Crippen molar-refractivity contribution in [1.82, 2.24) is 15.6 Å². The molecule has 0 bridgehead atoms. The molecule has 1 aromatic heterocycles. The summed E-state index contributed by atoms with van der Waals surface area (Å²) in [6.45, 7) is 0.126. The second-order valence-electron chi connectivity index (χ2n) is 8.28. The summed E-state index contributed by atoms with van der Waals surface area (Å²) in [7, 11) is 5.85. The Morgan fingerprint density at radius 1 is 0.791 bits per heavy atom. The van der Waals surface area contributed by atoms with Gasteiger partial charge in [-0.1, -0.05) is 21.6 Å². The summed E-state index contributed by atoms with van der Waals surface area (Å²) in [5.74, 6) is -3.24. The predicted molar refractivity (Wildman–Crippen MR) is 172 cm³/mol. The second-order valence-corrected chi connectivity index (χ2v) is 13.7. The van der Waals surface area contributed by atoms with E-state index in [4.69, 9.17) is 30.4 Å². The molecule has 2 unspecified atom stereocenters. The Bertz CT molecular complexity index is 1100. The number of hydrogen-bond acceptors (Lipinski definition) is 18. The Labute approximate surface area is 273 Å². The summed E-state index contributed by atoms with van der Waals surface area (Å²) in [4.78, 5) is 77.8. The van der Waals surface area contributed by atoms with Crippen molar-refractivity contribution < 1.29 is 47.7 Å². The van der Waals surface area contributed by atoms with Crippen molar-refractivity contribution in [3.05, 3.63) is 11.4 Å². The van der Waals surface area contributed by atoms with Crippen molar-refractivity contribution in [3.63, 3.8) is 0 Å². The quantitative estimate of drug-likeness (QED) is 0.0659. The lowest BCUT2D eigenvalue weighted by atomic mass is 10.2. The largest absolute Gasteiger partial charge is 0.484 e. The zero-order valence-corrected chi connectivity index (χ0v) is 27.9. The van der Waals surface area contributed by atoms with Gasteiger partial charge in [0.05, 0.1) is 26.3 Å². The molecule has 0 aromatic carbocycles. The Morgan fingerprint density at radius 3 is 1.49 bits per heavy atom. The van der Waals surface area contributed by atoms with E-state index in [1.165, 1.54) is 0 Å². The molecule has 2 amide bonds. The number of rotatable bonds is 16. The number of nitrogens with two attached hydrogens (primary N) is 2. The molecule has 2 rings (SSSR count). The lowest BCUT2D eigenvalue weighted by Gasteiger charge is -2.19. The Kier molecular flexibility index (Phi) is 16.3. The van der Waals surface area contributed by atoms with Crippen LogP contribution < -0.4 is 31.6 Å². The van der Waals surface area contributed by atoms with E-state index < -0.39 is 47.9 Å². The van der Waals surface area contributed by atoms with E-state index >= 15 is 0 Å². The number of esters is 2. The van der Waals surface area contributed by atoms with Crippen molar-refractivity contribution >= 4 is 102 Å². The van der Waals surface area contributed by atoms with Crippen LogP contribution in [0.1, 0.15) is 21.0 Å². The fourth-order valence-electron chi connectivity index (χ4n) is 3.02. The smallest absolute Gasteiger partial charge is 0.329 e. The number of thiol groups is 2. The van der Waals surface area contributed by atoms with Crippen LogP contribution in [0.4, 0.5) is 0 Å². The van der Waals surface area contributed by atoms with Gasteiger partial charge in [0.1, 0.15) is 25.3 Å². The maximum atomic E-state index is 13.2. The molecule has 0 fully saturated rings. The third-order valence-electron chi connectivity index (χ3n) is 5.27. The Balaban J connectivity index is 2.20. The summed E-state index contributed by atoms with van der Waals surface area (Å²) in [5, 5.41) is 4.27. The average molecular weight is 718 g/mol. The number of aromatic nitrogens is 1. The minimum Gasteiger partial charge on any atom is -0.484 e. The Morgan fingerprint density at radius 2 is 1.16 bits per heavy atom. The summed E-state index contributed by atoms with van der Waals surface area (Å²) < 4.78 is 20.7. The van der Waals surface area contributed by atoms with Gasteiger partial charge in [-0.15, -0.1) is 0 Å². The minimum atomic E-state index is -1.19. The van der Waals surface area contributed by atoms with Crippen molar-refractivity contribution in [1.29, 1.82) is 0 Å². The molecule has 21 heteroatoms. The van der Waals surface area contributed by atoms with Crippen molar-refractivity contribution in [3.8, 4) is 11.5 Å². The van der Waals surface area contributed by atoms with E-state index in [0.29, 0.717) is 0 Å². The van der Waals surface area contributed by atoms with Crippen molar-refractivity contribution in [2.24, 2.45) is 11.5 Å². The second kappa shape index (κ2) is 18.8. The number of nitrogens with one attached hydrogen (secondary N) is 3. The van der Waals surface area contributed by atoms with E-state index in [-0.39, 0.29) is 69.3 Å². The molecule has 0 saturated carbocycles. The molecule has 1 aliphatic rings. The van der Waals surface area contributed by atoms with Gasteiger partial charge in [-0.05, 0) is 21.6 Å². The maximum absolute atomic E-state index is 13.2. The van der Waals surface area contributed by atoms with Gasteiger partial charge in [-0.3, -0.25) is 19.2 Å². The number of fused-ring (bicyclic) bond motifs is 1. The highest BCUT2D eigenvalue weighted by Gasteiger charge is 2.34. The fraction of sp³-hybridized carbons (Fsp3) is 0.545. The lowest BCUT2D eigenvalue weighted by molar-refractivity contribution is -0.143. The lowest BCUT2D eigenvalue weighted by Crippen LogP contribution is -2.44. The normalized spacial score (nSPS) is 14.9. The number of carbonyl (C=O) groups is 6. The number of H-pyrrole nitrogens is 1. The van der Waals surface area contributed by atoms with Crippen LogP contribution in [0.5, 0.6) is 11.5 Å². The van der Waals surface area contributed by atoms with Crippen LogP contribution >= 0.6 is 68.4 Å². The van der Waals surface area contributed by atoms with E-state index in [1.807, 2.05) is 0 Å². The summed E-state index contributed by atoms with van der Waals surface area (Å²) >= 11 is 7.95. The maximum Gasteiger partial charge on any atom is 0.329 e. The number of aromatic amines is 1. The van der Waals surface area contributed by atoms with Crippen molar-refractivity contribution in [2.45, 2.75) is 24.2 Å². The number of ether oxygens (including phenoxy) is 4. The van der Waals surface area contributed by atoms with Gasteiger partial charge in [0.2, 0.25) is 10.2 Å². The number of carbonyl (C=O) groups excluding carboxylic acids is 6. The molecule has 15 nitrogen and oxygen atoms in total. The molecule has 43 heavy (non-hydrogen) atoms. The average Bonchev–Trinajstić information content (AvgIpc) is 3.41. The highest BCUT2D eigenvalue weighted by atomic mass is 33.1. The van der Waals surface area contributed by atoms with E-state index in [1.54, 1.807) is 0 Å². The molecule has 0 spiro atoms. The van der Waals surface area contributed by atoms with Crippen LogP contribution in [0.25, 0.3) is 0 Å². The Hall–Kier alpha value is -1.88. The monoisotopic (exact) mass is 717 g/mol. The molecular formula is C22H31N5O10S6. The van der Waals surface area contributed by atoms with Crippen molar-refractivity contribution in [2.75, 3.05) is 50.4 Å². The molecule has 1 aromatic rings. The minimum absolute atomic E-state index is 0.0560. The molecule has 2 heterocycles. The zero-order chi connectivity index (χ0) is 32.1. The molecule has 0 saturated heterocycles. The number of amides is 2. The predicted octanol–water partition coefficient (Wildman–Crippen LogP) is -0.341. The topological polar surface area (TPSA) is 231 Å². The fourth-order valence-corrected chi connectivity index (χ4v) is 7.76. The first-order valence-corrected chi connectivity index (χ1v) is 18.1. The van der Waals surface area contributed by atoms with Gasteiger partial charge < -0.3 is 46.0 Å². The number of methoxy groups -OCH3 is 2. The van der Waals surface area contributed by atoms with Gasteiger partial charge in [0.15, 0.2) is 22.9 Å². The van der Waals surface area contributed by atoms with Gasteiger partial charge in [-0.2, -0.15) is 25.3 Å². The standard InChI is InChI=1S/C22H31N5O10S6/c1-34-19(30)11(7-40-42-21(32)9(23)5-38)25-17(28)13-15-16(37-4-3-36-15)14(27-13)18(29)26-12(20(31)35-2)8-41-43-22(33)10(24)6-39/h9-12,27,38-39H,3-8,23-24H2,1-2H3,(H,25,28)(H,26,29)/t9-,10-,11?,12?/m0/s1. The van der Waals surface area contributed by atoms with Crippen LogP contribution in [0.3, 0.4) is 0 Å². The molecule has 7 N–H and O–H groups in total. The molecule has 1 aliphatic heterocycles. The van der Waals surface area contributed by atoms with Gasteiger partial charge >= 0.3 is 11.9 Å². The first-order valence-electron chi connectivity index (χ1n) is 12.2. The van der Waals surface area contributed by atoms with E-state index in [0.717, 1.165) is 57.4 Å². The molecule has 240 valence electrons. The van der Waals surface area contributed by atoms with Crippen LogP contribution in [0.15, 0.2) is 0 Å². The van der Waals surface area contributed by atoms with Gasteiger partial charge in [-0.25, -0.2) is 9.59 Å². The molecular weight excluding hydrogens is 687 g/mol. The summed E-state index contributed by atoms with van der Waals surface area (Å²) in [6.07, 6.45) is 0. The first-order chi connectivity index (χ1) is 20.5. The van der Waals surface area contributed by atoms with Crippen LogP contribution in [0.2, 0.25) is 0 Å². The first kappa shape index (κ1) is 37.3. The summed E-state index contributed by atoms with van der Waals surface area (Å²) in [5.41, 5.74) is 10.8. The van der Waals surface area contributed by atoms with E-state index in [2.05, 4.69) is 40.9 Å². The zero-order valence-electron chi connectivity index (χ0n) is 22.8. The van der Waals surface area contributed by atoms with Crippen LogP contribution in [-0.4, -0.2) is 114 Å². The summed E-state index contributed by atoms with van der Waals surface area (Å²) in [6, 6.07) is -3.97. The molecule has 4 atom stereocenters. The van der Waals surface area contributed by atoms with Gasteiger partial charge in [0.25, 0.3) is 11.8 Å². The van der Waals surface area contributed by atoms with E-state index in [9.17, 15) is 28.8 Å². The highest BCUT2D eigenvalue weighted by Crippen LogP contribution is 2.38.